The number of hydrogen-bond donors (Lipinski definition) is 0. The van der Waals surface area contributed by atoms with Crippen molar-refractivity contribution in [3.05, 3.63) is 33.4 Å². The van der Waals surface area contributed by atoms with Gasteiger partial charge in [-0.1, -0.05) is 0 Å². The molecule has 0 aliphatic heterocycles. The van der Waals surface area contributed by atoms with Crippen LogP contribution in [0.5, 0.6) is 0 Å². The average Bonchev–Trinajstić information content (AvgIpc) is 2.08. The Morgan fingerprint density at radius 3 is 2.21 bits per heavy atom. The van der Waals surface area contributed by atoms with Crippen LogP contribution in [0.2, 0.25) is 0 Å². The third-order valence-electron chi connectivity index (χ3n) is 2.41. The summed E-state index contributed by atoms with van der Waals surface area (Å²) in [6.45, 7) is 3.68. The molecule has 4 nitrogen and oxygen atoms in total. The molecule has 0 bridgehead atoms. The van der Waals surface area contributed by atoms with E-state index in [0.717, 1.165) is 16.8 Å². The van der Waals surface area contributed by atoms with Gasteiger partial charge in [-0.05, 0) is 25.5 Å². The third-order valence-corrected chi connectivity index (χ3v) is 2.41. The van der Waals surface area contributed by atoms with Gasteiger partial charge in [0.2, 0.25) is 0 Å². The molecule has 1 aromatic rings. The van der Waals surface area contributed by atoms with Crippen molar-refractivity contribution < 1.29 is 4.92 Å². The van der Waals surface area contributed by atoms with Crippen molar-refractivity contribution in [2.75, 3.05) is 19.0 Å². The highest BCUT2D eigenvalue weighted by atomic mass is 16.6. The van der Waals surface area contributed by atoms with Gasteiger partial charge in [0.1, 0.15) is 0 Å². The van der Waals surface area contributed by atoms with Crippen LogP contribution in [0.25, 0.3) is 0 Å². The highest BCUT2D eigenvalue weighted by Gasteiger charge is 2.14. The largest absolute Gasteiger partial charge is 0.377 e. The van der Waals surface area contributed by atoms with Crippen molar-refractivity contribution in [3.63, 3.8) is 0 Å². The summed E-state index contributed by atoms with van der Waals surface area (Å²) in [7, 11) is 3.85. The lowest BCUT2D eigenvalue weighted by molar-refractivity contribution is -0.385. The monoisotopic (exact) mass is 194 g/mol. The molecule has 0 aromatic heterocycles. The Labute approximate surface area is 83.3 Å². The zero-order valence-corrected chi connectivity index (χ0v) is 8.87. The topological polar surface area (TPSA) is 46.4 Å². The van der Waals surface area contributed by atoms with Crippen molar-refractivity contribution >= 4 is 11.4 Å². The van der Waals surface area contributed by atoms with Crippen LogP contribution in [0, 0.1) is 24.0 Å². The van der Waals surface area contributed by atoms with E-state index < -0.39 is 0 Å². The van der Waals surface area contributed by atoms with Crippen molar-refractivity contribution in [1.82, 2.24) is 0 Å². The maximum Gasteiger partial charge on any atom is 0.272 e. The standard InChI is InChI=1S/C10H14N2O2/c1-7-8(2)10(12(13)14)6-5-9(7)11(3)4/h5-6H,1-4H3. The third kappa shape index (κ3) is 1.69. The number of nitro groups is 1. The lowest BCUT2D eigenvalue weighted by Crippen LogP contribution is -2.11. The van der Waals surface area contributed by atoms with Gasteiger partial charge in [0, 0.05) is 31.4 Å². The van der Waals surface area contributed by atoms with E-state index in [2.05, 4.69) is 0 Å². The number of hydrogen-bond acceptors (Lipinski definition) is 3. The molecule has 76 valence electrons. The molecule has 0 N–H and O–H groups in total. The molecule has 0 aliphatic rings. The van der Waals surface area contributed by atoms with Gasteiger partial charge in [0.15, 0.2) is 0 Å². The fourth-order valence-electron chi connectivity index (χ4n) is 1.47. The minimum absolute atomic E-state index is 0.188. The van der Waals surface area contributed by atoms with Crippen LogP contribution >= 0.6 is 0 Å². The number of rotatable bonds is 2. The van der Waals surface area contributed by atoms with E-state index in [-0.39, 0.29) is 10.6 Å². The molecule has 0 unspecified atom stereocenters. The van der Waals surface area contributed by atoms with Crippen molar-refractivity contribution in [2.24, 2.45) is 0 Å². The van der Waals surface area contributed by atoms with Crippen molar-refractivity contribution in [3.8, 4) is 0 Å². The predicted octanol–water partition coefficient (Wildman–Crippen LogP) is 2.28. The van der Waals surface area contributed by atoms with Crippen molar-refractivity contribution in [1.29, 1.82) is 0 Å². The van der Waals surface area contributed by atoms with Gasteiger partial charge in [0.05, 0.1) is 4.92 Å². The summed E-state index contributed by atoms with van der Waals surface area (Å²) in [6.07, 6.45) is 0. The first kappa shape index (κ1) is 10.5. The molecular formula is C10H14N2O2. The summed E-state index contributed by atoms with van der Waals surface area (Å²) in [5.41, 5.74) is 2.91. The number of nitro benzene ring substituents is 1. The summed E-state index contributed by atoms with van der Waals surface area (Å²) in [5, 5.41) is 10.6. The molecule has 1 rings (SSSR count). The molecule has 0 heterocycles. The minimum Gasteiger partial charge on any atom is -0.377 e. The smallest absolute Gasteiger partial charge is 0.272 e. The average molecular weight is 194 g/mol. The molecule has 0 radical (unpaired) electrons. The Hall–Kier alpha value is -1.58. The number of anilines is 1. The second-order valence-corrected chi connectivity index (χ2v) is 3.51. The first-order chi connectivity index (χ1) is 6.45. The Morgan fingerprint density at radius 1 is 1.21 bits per heavy atom. The van der Waals surface area contributed by atoms with Gasteiger partial charge in [-0.15, -0.1) is 0 Å². The molecule has 0 spiro atoms. The SMILES string of the molecule is Cc1c(N(C)C)ccc([N+](=O)[O-])c1C. The first-order valence-corrected chi connectivity index (χ1v) is 4.37. The summed E-state index contributed by atoms with van der Waals surface area (Å²) in [4.78, 5) is 12.3. The second-order valence-electron chi connectivity index (χ2n) is 3.51. The first-order valence-electron chi connectivity index (χ1n) is 4.37. The van der Waals surface area contributed by atoms with Crippen LogP contribution in [-0.2, 0) is 0 Å². The van der Waals surface area contributed by atoms with Gasteiger partial charge in [0.25, 0.3) is 5.69 Å². The van der Waals surface area contributed by atoms with E-state index in [1.165, 1.54) is 0 Å². The summed E-state index contributed by atoms with van der Waals surface area (Å²) >= 11 is 0. The van der Waals surface area contributed by atoms with Gasteiger partial charge in [-0.2, -0.15) is 0 Å². The summed E-state index contributed by atoms with van der Waals surface area (Å²) in [5.74, 6) is 0. The van der Waals surface area contributed by atoms with E-state index in [9.17, 15) is 10.1 Å². The molecule has 4 heteroatoms. The quantitative estimate of drug-likeness (QED) is 0.536. The van der Waals surface area contributed by atoms with Gasteiger partial charge in [-0.25, -0.2) is 0 Å². The lowest BCUT2D eigenvalue weighted by Gasteiger charge is -2.16. The maximum atomic E-state index is 10.6. The molecule has 0 fully saturated rings. The van der Waals surface area contributed by atoms with Crippen LogP contribution in [0.15, 0.2) is 12.1 Å². The van der Waals surface area contributed by atoms with Gasteiger partial charge < -0.3 is 4.90 Å². The number of benzene rings is 1. The Balaban J connectivity index is 3.33. The van der Waals surface area contributed by atoms with E-state index in [1.54, 1.807) is 19.1 Å². The summed E-state index contributed by atoms with van der Waals surface area (Å²) < 4.78 is 0. The minimum atomic E-state index is -0.345. The van der Waals surface area contributed by atoms with Crippen LogP contribution < -0.4 is 4.90 Å². The maximum absolute atomic E-state index is 10.6. The molecular weight excluding hydrogens is 180 g/mol. The molecule has 0 saturated carbocycles. The van der Waals surface area contributed by atoms with E-state index in [1.807, 2.05) is 25.9 Å². The molecule has 0 aliphatic carbocycles. The Bertz CT molecular complexity index is 373. The van der Waals surface area contributed by atoms with Crippen LogP contribution in [0.3, 0.4) is 0 Å². The van der Waals surface area contributed by atoms with E-state index >= 15 is 0 Å². The molecule has 1 aromatic carbocycles. The Kier molecular flexibility index (Phi) is 2.74. The van der Waals surface area contributed by atoms with Crippen LogP contribution in [0.4, 0.5) is 11.4 Å². The molecule has 0 amide bonds. The molecule has 0 saturated heterocycles. The molecule has 14 heavy (non-hydrogen) atoms. The van der Waals surface area contributed by atoms with Crippen molar-refractivity contribution in [2.45, 2.75) is 13.8 Å². The highest BCUT2D eigenvalue weighted by Crippen LogP contribution is 2.28. The lowest BCUT2D eigenvalue weighted by atomic mass is 10.1. The van der Waals surface area contributed by atoms with Gasteiger partial charge in [-0.3, -0.25) is 10.1 Å². The van der Waals surface area contributed by atoms with E-state index in [4.69, 9.17) is 0 Å². The van der Waals surface area contributed by atoms with Crippen LogP contribution in [0.1, 0.15) is 11.1 Å². The predicted molar refractivity (Wildman–Crippen MR) is 56.9 cm³/mol. The zero-order valence-electron chi connectivity index (χ0n) is 8.87. The fourth-order valence-corrected chi connectivity index (χ4v) is 1.47. The molecule has 0 atom stereocenters. The normalized spacial score (nSPS) is 10.0. The van der Waals surface area contributed by atoms with Gasteiger partial charge >= 0.3 is 0 Å². The fraction of sp³-hybridized carbons (Fsp3) is 0.400. The summed E-state index contributed by atoms with van der Waals surface area (Å²) in [6, 6.07) is 3.33. The number of nitrogens with zero attached hydrogens (tertiary/aromatic N) is 2. The van der Waals surface area contributed by atoms with E-state index in [0.29, 0.717) is 0 Å². The highest BCUT2D eigenvalue weighted by molar-refractivity contribution is 5.61. The Morgan fingerprint density at radius 2 is 1.79 bits per heavy atom. The second kappa shape index (κ2) is 3.65. The zero-order chi connectivity index (χ0) is 10.9. The van der Waals surface area contributed by atoms with Crippen LogP contribution in [-0.4, -0.2) is 19.0 Å².